The molecule has 0 heterocycles. The van der Waals surface area contributed by atoms with Gasteiger partial charge in [-0.2, -0.15) is 0 Å². The molecule has 30 heavy (non-hydrogen) atoms. The van der Waals surface area contributed by atoms with Crippen molar-refractivity contribution in [2.45, 2.75) is 84.3 Å². The van der Waals surface area contributed by atoms with E-state index in [0.29, 0.717) is 24.5 Å². The van der Waals surface area contributed by atoms with Gasteiger partial charge in [0, 0.05) is 16.9 Å². The minimum atomic E-state index is -1.34. The van der Waals surface area contributed by atoms with Crippen molar-refractivity contribution in [2.75, 3.05) is 0 Å². The fraction of sp³-hybridized carbons (Fsp3) is 0.720. The Morgan fingerprint density at radius 2 is 1.90 bits per heavy atom. The van der Waals surface area contributed by atoms with Crippen molar-refractivity contribution in [2.24, 2.45) is 28.6 Å². The summed E-state index contributed by atoms with van der Waals surface area (Å²) in [6.45, 7) is 8.17. The average molecular weight is 414 g/mol. The smallest absolute Gasteiger partial charge is 0.408 e. The van der Waals surface area contributed by atoms with Crippen LogP contribution in [0.3, 0.4) is 0 Å². The van der Waals surface area contributed by atoms with Crippen molar-refractivity contribution in [3.8, 4) is 0 Å². The fourth-order valence-corrected chi connectivity index (χ4v) is 7.48. The molecule has 0 aromatic rings. The van der Waals surface area contributed by atoms with Gasteiger partial charge in [-0.3, -0.25) is 9.59 Å². The maximum Gasteiger partial charge on any atom is 0.408 e. The molecule has 0 saturated heterocycles. The van der Waals surface area contributed by atoms with Crippen LogP contribution >= 0.6 is 0 Å². The largest absolute Gasteiger partial charge is 0.434 e. The molecule has 0 radical (unpaired) electrons. The molecule has 0 aliphatic heterocycles. The third kappa shape index (κ3) is 2.91. The first-order chi connectivity index (χ1) is 14.2. The number of alkyl carbamates (subject to hydrolysis) is 1. The number of carbonyl (C=O) groups excluding carboxylic acids is 3. The van der Waals surface area contributed by atoms with Crippen LogP contribution in [0.15, 0.2) is 23.8 Å². The average Bonchev–Trinajstić information content (AvgIpc) is 2.99. The lowest BCUT2D eigenvalue weighted by Crippen LogP contribution is -2.60. The van der Waals surface area contributed by atoms with Crippen molar-refractivity contribution < 1.29 is 19.1 Å². The van der Waals surface area contributed by atoms with Crippen molar-refractivity contribution in [3.63, 3.8) is 0 Å². The minimum absolute atomic E-state index is 0.0942. The molecule has 1 amide bonds. The Hall–Kier alpha value is -1.91. The number of nitrogens with one attached hydrogen (secondary N) is 1. The normalized spacial score (nSPS) is 41.9. The summed E-state index contributed by atoms with van der Waals surface area (Å²) in [4.78, 5) is 37.2. The van der Waals surface area contributed by atoms with Gasteiger partial charge in [0.25, 0.3) is 0 Å². The third-order valence-electron chi connectivity index (χ3n) is 8.91. The SMILES string of the molecule is CC(C)NC(=O)O[C@]1(C(=O)C=O)CC[C@H]2[C@@H]3CCC4=CCC=C[C@]4(C)[C@H]3CC[C@@]21C. The van der Waals surface area contributed by atoms with Crippen LogP contribution in [0.5, 0.6) is 0 Å². The zero-order chi connectivity index (χ0) is 21.7. The molecular weight excluding hydrogens is 378 g/mol. The van der Waals surface area contributed by atoms with Crippen LogP contribution in [0.4, 0.5) is 4.79 Å². The topological polar surface area (TPSA) is 72.5 Å². The molecule has 5 nitrogen and oxygen atoms in total. The summed E-state index contributed by atoms with van der Waals surface area (Å²) in [6, 6.07) is -0.0942. The fourth-order valence-electron chi connectivity index (χ4n) is 7.48. The lowest BCUT2D eigenvalue weighted by atomic mass is 9.47. The van der Waals surface area contributed by atoms with Crippen molar-refractivity contribution in [1.29, 1.82) is 0 Å². The second-order valence-electron chi connectivity index (χ2n) is 10.6. The first-order valence-electron chi connectivity index (χ1n) is 11.5. The Morgan fingerprint density at radius 3 is 2.60 bits per heavy atom. The highest BCUT2D eigenvalue weighted by molar-refractivity contribution is 6.29. The van der Waals surface area contributed by atoms with Crippen LogP contribution in [0, 0.1) is 28.6 Å². The number of hydrogen-bond donors (Lipinski definition) is 1. The Kier molecular flexibility index (Phi) is 5.22. The van der Waals surface area contributed by atoms with E-state index in [0.717, 1.165) is 38.5 Å². The minimum Gasteiger partial charge on any atom is -0.434 e. The number of ketones is 1. The van der Waals surface area contributed by atoms with Crippen LogP contribution in [-0.4, -0.2) is 29.8 Å². The standard InChI is InChI=1S/C25H35NO4/c1-16(2)26-22(29)30-25(21(28)15-27)14-11-20-18-9-8-17-7-5-6-12-23(17,3)19(18)10-13-24(20,25)4/h6-7,12,15-16,18-20H,5,8-11,13-14H2,1-4H3,(H,26,29)/t18-,19+,20+,23+,24+,25+/m1/s1. The summed E-state index contributed by atoms with van der Waals surface area (Å²) in [7, 11) is 0. The van der Waals surface area contributed by atoms with E-state index in [-0.39, 0.29) is 17.4 Å². The van der Waals surface area contributed by atoms with E-state index >= 15 is 0 Å². The second kappa shape index (κ2) is 7.35. The van der Waals surface area contributed by atoms with Crippen LogP contribution in [0.1, 0.15) is 72.6 Å². The van der Waals surface area contributed by atoms with Crippen LogP contribution in [0.25, 0.3) is 0 Å². The lowest BCUT2D eigenvalue weighted by Gasteiger charge is -2.58. The molecule has 6 atom stereocenters. The van der Waals surface area contributed by atoms with Crippen LogP contribution < -0.4 is 5.32 Å². The third-order valence-corrected chi connectivity index (χ3v) is 8.91. The Balaban J connectivity index is 1.68. The van der Waals surface area contributed by atoms with Gasteiger partial charge in [-0.05, 0) is 76.5 Å². The summed E-state index contributed by atoms with van der Waals surface area (Å²) >= 11 is 0. The lowest BCUT2D eigenvalue weighted by molar-refractivity contribution is -0.162. The zero-order valence-electron chi connectivity index (χ0n) is 18.7. The van der Waals surface area contributed by atoms with Crippen LogP contribution in [-0.2, 0) is 14.3 Å². The highest BCUT2D eigenvalue weighted by Gasteiger charge is 2.68. The van der Waals surface area contributed by atoms with Gasteiger partial charge in [-0.15, -0.1) is 0 Å². The Labute approximate surface area is 179 Å². The molecule has 164 valence electrons. The molecule has 4 rings (SSSR count). The predicted octanol–water partition coefficient (Wildman–Crippen LogP) is 4.76. The molecule has 0 aromatic heterocycles. The molecule has 4 aliphatic carbocycles. The molecular formula is C25H35NO4. The van der Waals surface area contributed by atoms with E-state index in [2.05, 4.69) is 37.4 Å². The van der Waals surface area contributed by atoms with Gasteiger partial charge in [-0.1, -0.05) is 37.6 Å². The van der Waals surface area contributed by atoms with E-state index in [1.165, 1.54) is 0 Å². The number of fused-ring (bicyclic) bond motifs is 5. The van der Waals surface area contributed by atoms with Crippen molar-refractivity contribution >= 4 is 18.2 Å². The molecule has 0 spiro atoms. The number of amides is 1. The summed E-state index contributed by atoms with van der Waals surface area (Å²) in [6.07, 6.45) is 13.2. The van der Waals surface area contributed by atoms with Crippen molar-refractivity contribution in [1.82, 2.24) is 5.32 Å². The van der Waals surface area contributed by atoms with E-state index in [4.69, 9.17) is 4.74 Å². The van der Waals surface area contributed by atoms with Gasteiger partial charge < -0.3 is 10.1 Å². The summed E-state index contributed by atoms with van der Waals surface area (Å²) < 4.78 is 5.89. The van der Waals surface area contributed by atoms with Crippen LogP contribution in [0.2, 0.25) is 0 Å². The second-order valence-corrected chi connectivity index (χ2v) is 10.6. The van der Waals surface area contributed by atoms with Crippen molar-refractivity contribution in [3.05, 3.63) is 23.8 Å². The van der Waals surface area contributed by atoms with Gasteiger partial charge in [0.15, 0.2) is 11.9 Å². The van der Waals surface area contributed by atoms with E-state index in [1.54, 1.807) is 5.57 Å². The first-order valence-corrected chi connectivity index (χ1v) is 11.5. The number of Topliss-reactive ketones (excluding diaryl/α,β-unsaturated/α-hetero) is 1. The molecule has 0 unspecified atom stereocenters. The van der Waals surface area contributed by atoms with Gasteiger partial charge in [0.1, 0.15) is 0 Å². The summed E-state index contributed by atoms with van der Waals surface area (Å²) in [5, 5.41) is 2.74. The van der Waals surface area contributed by atoms with Gasteiger partial charge >= 0.3 is 6.09 Å². The summed E-state index contributed by atoms with van der Waals surface area (Å²) in [5.74, 6) is 0.719. The molecule has 4 aliphatic rings. The molecule has 3 saturated carbocycles. The number of rotatable bonds is 4. The number of hydrogen-bond acceptors (Lipinski definition) is 4. The monoisotopic (exact) mass is 413 g/mol. The summed E-state index contributed by atoms with van der Waals surface area (Å²) in [5.41, 5.74) is -0.187. The Bertz CT molecular complexity index is 814. The molecule has 3 fully saturated rings. The van der Waals surface area contributed by atoms with Gasteiger partial charge in [0.2, 0.25) is 5.78 Å². The molecule has 0 aromatic carbocycles. The zero-order valence-corrected chi connectivity index (χ0v) is 18.7. The highest BCUT2D eigenvalue weighted by Crippen LogP contribution is 2.67. The Morgan fingerprint density at radius 1 is 1.17 bits per heavy atom. The number of aldehydes is 1. The van der Waals surface area contributed by atoms with E-state index in [9.17, 15) is 14.4 Å². The number of ether oxygens (including phenoxy) is 1. The molecule has 1 N–H and O–H groups in total. The maximum absolute atomic E-state index is 13.0. The predicted molar refractivity (Wildman–Crippen MR) is 115 cm³/mol. The first kappa shape index (κ1) is 21.3. The quantitative estimate of drug-likeness (QED) is 0.410. The van der Waals surface area contributed by atoms with E-state index in [1.807, 2.05) is 13.8 Å². The number of carbonyl (C=O) groups is 3. The highest BCUT2D eigenvalue weighted by atomic mass is 16.6. The van der Waals surface area contributed by atoms with Gasteiger partial charge in [0.05, 0.1) is 0 Å². The maximum atomic E-state index is 13.0. The molecule has 5 heteroatoms. The van der Waals surface area contributed by atoms with E-state index < -0.39 is 22.9 Å². The number of allylic oxidation sites excluding steroid dienone is 4. The molecule has 0 bridgehead atoms. The van der Waals surface area contributed by atoms with Gasteiger partial charge in [-0.25, -0.2) is 4.79 Å².